The molecule has 0 aromatic carbocycles. The Labute approximate surface area is 115 Å². The van der Waals surface area contributed by atoms with E-state index in [2.05, 4.69) is 15.6 Å². The van der Waals surface area contributed by atoms with Gasteiger partial charge < -0.3 is 15.1 Å². The molecule has 0 bridgehead atoms. The fourth-order valence-corrected chi connectivity index (χ4v) is 2.67. The van der Waals surface area contributed by atoms with E-state index in [0.717, 1.165) is 18.8 Å². The highest BCUT2D eigenvalue weighted by Crippen LogP contribution is 2.26. The van der Waals surface area contributed by atoms with Gasteiger partial charge in [0.2, 0.25) is 5.91 Å². The molecular formula is C13H15N3O2S. The van der Waals surface area contributed by atoms with Crippen molar-refractivity contribution in [1.29, 1.82) is 0 Å². The van der Waals surface area contributed by atoms with E-state index < -0.39 is 0 Å². The third-order valence-electron chi connectivity index (χ3n) is 3.44. The highest BCUT2D eigenvalue weighted by molar-refractivity contribution is 7.14. The fourth-order valence-electron chi connectivity index (χ4n) is 1.97. The van der Waals surface area contributed by atoms with Gasteiger partial charge in [-0.1, -0.05) is 6.92 Å². The van der Waals surface area contributed by atoms with Crippen LogP contribution in [0.5, 0.6) is 0 Å². The predicted octanol–water partition coefficient (Wildman–Crippen LogP) is 2.20. The molecule has 0 aliphatic carbocycles. The number of nitrogens with zero attached hydrogens (tertiary/aromatic N) is 1. The van der Waals surface area contributed by atoms with Crippen LogP contribution in [-0.2, 0) is 4.79 Å². The van der Waals surface area contributed by atoms with Crippen LogP contribution in [0.15, 0.2) is 28.2 Å². The Kier molecular flexibility index (Phi) is 3.35. The zero-order chi connectivity index (χ0) is 13.2. The largest absolute Gasteiger partial charge is 0.463 e. The third kappa shape index (κ3) is 2.54. The lowest BCUT2D eigenvalue weighted by atomic mass is 9.88. The Balaban J connectivity index is 1.65. The van der Waals surface area contributed by atoms with Crippen molar-refractivity contribution in [3.8, 4) is 11.5 Å². The number of carbonyl (C=O) groups excluding carboxylic acids is 1. The minimum atomic E-state index is 0.0113. The molecule has 6 heteroatoms. The van der Waals surface area contributed by atoms with E-state index in [0.29, 0.717) is 16.8 Å². The van der Waals surface area contributed by atoms with E-state index in [9.17, 15) is 4.79 Å². The molecule has 2 N–H and O–H groups in total. The highest BCUT2D eigenvalue weighted by Gasteiger charge is 2.29. The second-order valence-corrected chi connectivity index (χ2v) is 5.57. The second-order valence-electron chi connectivity index (χ2n) is 4.71. The molecule has 1 amide bonds. The number of nitrogens with one attached hydrogen (secondary N) is 2. The molecule has 0 radical (unpaired) electrons. The molecule has 1 fully saturated rings. The average molecular weight is 277 g/mol. The van der Waals surface area contributed by atoms with Gasteiger partial charge in [-0.05, 0) is 31.1 Å². The van der Waals surface area contributed by atoms with Crippen LogP contribution in [0.3, 0.4) is 0 Å². The van der Waals surface area contributed by atoms with Crippen LogP contribution in [0.1, 0.15) is 6.92 Å². The molecule has 2 aromatic heterocycles. The molecule has 1 saturated heterocycles. The minimum absolute atomic E-state index is 0.0113. The van der Waals surface area contributed by atoms with E-state index in [4.69, 9.17) is 4.42 Å². The lowest BCUT2D eigenvalue weighted by Gasteiger charge is -2.31. The van der Waals surface area contributed by atoms with Gasteiger partial charge in [-0.3, -0.25) is 4.79 Å². The molecule has 1 aliphatic heterocycles. The van der Waals surface area contributed by atoms with Crippen molar-refractivity contribution in [1.82, 2.24) is 10.3 Å². The number of carbonyl (C=O) groups is 1. The van der Waals surface area contributed by atoms with Crippen molar-refractivity contribution in [2.75, 3.05) is 18.4 Å². The molecule has 3 heterocycles. The maximum atomic E-state index is 12.0. The summed E-state index contributed by atoms with van der Waals surface area (Å²) in [7, 11) is 0. The molecule has 3 rings (SSSR count). The summed E-state index contributed by atoms with van der Waals surface area (Å²) in [5.41, 5.74) is 0.753. The maximum Gasteiger partial charge on any atom is 0.229 e. The van der Waals surface area contributed by atoms with Gasteiger partial charge in [0.25, 0.3) is 0 Å². The first-order valence-electron chi connectivity index (χ1n) is 6.25. The van der Waals surface area contributed by atoms with Crippen LogP contribution in [-0.4, -0.2) is 24.0 Å². The quantitative estimate of drug-likeness (QED) is 0.899. The monoisotopic (exact) mass is 277 g/mol. The first-order valence-corrected chi connectivity index (χ1v) is 7.13. The summed E-state index contributed by atoms with van der Waals surface area (Å²) >= 11 is 1.41. The summed E-state index contributed by atoms with van der Waals surface area (Å²) < 4.78 is 5.27. The minimum Gasteiger partial charge on any atom is -0.463 e. The zero-order valence-corrected chi connectivity index (χ0v) is 11.4. The summed E-state index contributed by atoms with van der Waals surface area (Å²) in [5.74, 6) is 1.20. The van der Waals surface area contributed by atoms with Crippen LogP contribution in [0, 0.1) is 11.8 Å². The first kappa shape index (κ1) is 12.4. The summed E-state index contributed by atoms with van der Waals surface area (Å²) in [4.78, 5) is 16.4. The van der Waals surface area contributed by atoms with E-state index in [1.165, 1.54) is 11.3 Å². The average Bonchev–Trinajstić information content (AvgIpc) is 2.95. The molecule has 0 spiro atoms. The molecule has 1 unspecified atom stereocenters. The van der Waals surface area contributed by atoms with Gasteiger partial charge in [-0.2, -0.15) is 0 Å². The normalized spacial score (nSPS) is 16.9. The maximum absolute atomic E-state index is 12.0. The Morgan fingerprint density at radius 1 is 1.63 bits per heavy atom. The number of amides is 1. The summed E-state index contributed by atoms with van der Waals surface area (Å²) in [6.45, 7) is 3.80. The topological polar surface area (TPSA) is 67.2 Å². The Morgan fingerprint density at radius 3 is 3.11 bits per heavy atom. The summed E-state index contributed by atoms with van der Waals surface area (Å²) in [6.07, 6.45) is 1.61. The molecule has 1 aliphatic rings. The Bertz CT molecular complexity index is 560. The lowest BCUT2D eigenvalue weighted by Crippen LogP contribution is -2.48. The van der Waals surface area contributed by atoms with Gasteiger partial charge in [-0.15, -0.1) is 11.3 Å². The summed E-state index contributed by atoms with van der Waals surface area (Å²) in [6, 6.07) is 3.67. The van der Waals surface area contributed by atoms with Crippen molar-refractivity contribution in [3.63, 3.8) is 0 Å². The van der Waals surface area contributed by atoms with Gasteiger partial charge in [0.05, 0.1) is 6.26 Å². The third-order valence-corrected chi connectivity index (χ3v) is 4.20. The number of aromatic nitrogens is 1. The number of thiazole rings is 1. The molecule has 19 heavy (non-hydrogen) atoms. The van der Waals surface area contributed by atoms with Crippen LogP contribution >= 0.6 is 11.3 Å². The molecule has 0 saturated carbocycles. The van der Waals surface area contributed by atoms with Crippen molar-refractivity contribution >= 4 is 22.4 Å². The van der Waals surface area contributed by atoms with Crippen molar-refractivity contribution in [2.24, 2.45) is 11.8 Å². The van der Waals surface area contributed by atoms with Gasteiger partial charge >= 0.3 is 0 Å². The number of furan rings is 1. The number of anilines is 1. The molecular weight excluding hydrogens is 262 g/mol. The van der Waals surface area contributed by atoms with Crippen molar-refractivity contribution < 1.29 is 9.21 Å². The smallest absolute Gasteiger partial charge is 0.229 e. The first-order chi connectivity index (χ1) is 9.24. The van der Waals surface area contributed by atoms with Crippen LogP contribution in [0.2, 0.25) is 0 Å². The SMILES string of the molecule is CC(C(=O)Nc1nc(-c2ccco2)cs1)C1CNC1. The van der Waals surface area contributed by atoms with Gasteiger partial charge in [-0.25, -0.2) is 4.98 Å². The highest BCUT2D eigenvalue weighted by atomic mass is 32.1. The van der Waals surface area contributed by atoms with Crippen LogP contribution in [0.4, 0.5) is 5.13 Å². The number of hydrogen-bond acceptors (Lipinski definition) is 5. The molecule has 2 aromatic rings. The molecule has 1 atom stereocenters. The Morgan fingerprint density at radius 2 is 2.47 bits per heavy atom. The fraction of sp³-hybridized carbons (Fsp3) is 0.385. The van der Waals surface area contributed by atoms with E-state index in [1.54, 1.807) is 6.26 Å². The van der Waals surface area contributed by atoms with E-state index >= 15 is 0 Å². The second kappa shape index (κ2) is 5.14. The van der Waals surface area contributed by atoms with E-state index in [-0.39, 0.29) is 11.8 Å². The Hall–Kier alpha value is -1.66. The van der Waals surface area contributed by atoms with Gasteiger partial charge in [0.1, 0.15) is 5.69 Å². The van der Waals surface area contributed by atoms with E-state index in [1.807, 2.05) is 24.4 Å². The van der Waals surface area contributed by atoms with Crippen LogP contribution in [0.25, 0.3) is 11.5 Å². The molecule has 100 valence electrons. The predicted molar refractivity (Wildman–Crippen MR) is 74.0 cm³/mol. The zero-order valence-electron chi connectivity index (χ0n) is 10.6. The van der Waals surface area contributed by atoms with Crippen molar-refractivity contribution in [2.45, 2.75) is 6.92 Å². The standard InChI is InChI=1S/C13H15N3O2S/c1-8(9-5-14-6-9)12(17)16-13-15-10(7-19-13)11-3-2-4-18-11/h2-4,7-9,14H,5-6H2,1H3,(H,15,16,17). The van der Waals surface area contributed by atoms with Gasteiger partial charge in [0.15, 0.2) is 10.9 Å². The molecule has 5 nitrogen and oxygen atoms in total. The van der Waals surface area contributed by atoms with Crippen LogP contribution < -0.4 is 10.6 Å². The lowest BCUT2D eigenvalue weighted by molar-refractivity contribution is -0.121. The van der Waals surface area contributed by atoms with Gasteiger partial charge in [0, 0.05) is 11.3 Å². The number of hydrogen-bond donors (Lipinski definition) is 2. The summed E-state index contributed by atoms with van der Waals surface area (Å²) in [5, 5.41) is 8.55. The number of rotatable bonds is 4. The van der Waals surface area contributed by atoms with Crippen molar-refractivity contribution in [3.05, 3.63) is 23.8 Å².